The molecule has 3 rings (SSSR count). The number of benzene rings is 2. The Morgan fingerprint density at radius 2 is 1.76 bits per heavy atom. The molecule has 1 atom stereocenters. The molecule has 0 aliphatic carbocycles. The molecule has 1 aliphatic heterocycles. The molecule has 0 spiro atoms. The van der Waals surface area contributed by atoms with Gasteiger partial charge in [0.1, 0.15) is 45.1 Å². The number of quaternary nitrogens is 2. The molecule has 0 saturated carbocycles. The maximum absolute atomic E-state index is 12.7. The maximum Gasteiger partial charge on any atom is 0.282 e. The SMILES string of the molecule is CC(=O)c1cccc(NC(=O)[C@H](C)[NH+]2CC[NH+](CCOc3ccccc3)CC2)c1. The molecule has 2 aromatic rings. The van der Waals surface area contributed by atoms with Gasteiger partial charge in [-0.05, 0) is 38.1 Å². The highest BCUT2D eigenvalue weighted by Crippen LogP contribution is 2.11. The number of anilines is 1. The number of hydrogen-bond donors (Lipinski definition) is 3. The number of piperazine rings is 1. The molecular formula is C23H31N3O3+2. The van der Waals surface area contributed by atoms with Crippen LogP contribution in [0.1, 0.15) is 24.2 Å². The zero-order valence-electron chi connectivity index (χ0n) is 17.2. The van der Waals surface area contributed by atoms with Gasteiger partial charge in [-0.15, -0.1) is 0 Å². The Balaban J connectivity index is 1.42. The Morgan fingerprint density at radius 3 is 2.45 bits per heavy atom. The average molecular weight is 398 g/mol. The molecule has 6 heteroatoms. The summed E-state index contributed by atoms with van der Waals surface area (Å²) in [6.07, 6.45) is 0. The van der Waals surface area contributed by atoms with E-state index in [1.807, 2.05) is 43.3 Å². The molecule has 0 unspecified atom stereocenters. The van der Waals surface area contributed by atoms with Crippen molar-refractivity contribution >= 4 is 17.4 Å². The van der Waals surface area contributed by atoms with Crippen molar-refractivity contribution in [3.63, 3.8) is 0 Å². The van der Waals surface area contributed by atoms with E-state index in [4.69, 9.17) is 4.74 Å². The highest BCUT2D eigenvalue weighted by Gasteiger charge is 2.31. The minimum absolute atomic E-state index is 0.00318. The standard InChI is InChI=1S/C23H29N3O3/c1-18(23(28)24-21-8-6-7-20(17-21)19(2)27)26-13-11-25(12-14-26)15-16-29-22-9-4-3-5-10-22/h3-10,17-18H,11-16H2,1-2H3,(H,24,28)/p+2/t18-/m0/s1. The van der Waals surface area contributed by atoms with E-state index in [2.05, 4.69) is 5.32 Å². The fourth-order valence-corrected chi connectivity index (χ4v) is 3.69. The molecule has 0 radical (unpaired) electrons. The topological polar surface area (TPSA) is 64.3 Å². The molecule has 1 heterocycles. The summed E-state index contributed by atoms with van der Waals surface area (Å²) in [5.74, 6) is 0.905. The number of ketones is 1. The zero-order chi connectivity index (χ0) is 20.6. The average Bonchev–Trinajstić information content (AvgIpc) is 2.74. The summed E-state index contributed by atoms with van der Waals surface area (Å²) in [5, 5.41) is 2.96. The molecule has 154 valence electrons. The number of ether oxygens (including phenoxy) is 1. The summed E-state index contributed by atoms with van der Waals surface area (Å²) in [6, 6.07) is 16.9. The smallest absolute Gasteiger partial charge is 0.282 e. The van der Waals surface area contributed by atoms with Gasteiger partial charge in [-0.2, -0.15) is 0 Å². The molecule has 1 saturated heterocycles. The lowest BCUT2D eigenvalue weighted by Gasteiger charge is -2.32. The third-order valence-corrected chi connectivity index (χ3v) is 5.61. The number of carbonyl (C=O) groups excluding carboxylic acids is 2. The minimum Gasteiger partial charge on any atom is -0.488 e. The van der Waals surface area contributed by atoms with Gasteiger partial charge in [0, 0.05) is 11.3 Å². The molecule has 2 aromatic carbocycles. The van der Waals surface area contributed by atoms with Crippen LogP contribution in [-0.4, -0.2) is 57.1 Å². The number of nitrogens with one attached hydrogen (secondary N) is 3. The lowest BCUT2D eigenvalue weighted by molar-refractivity contribution is -1.02. The number of amides is 1. The first-order chi connectivity index (χ1) is 14.0. The number of rotatable bonds is 8. The van der Waals surface area contributed by atoms with E-state index in [9.17, 15) is 9.59 Å². The molecule has 1 amide bonds. The predicted molar refractivity (Wildman–Crippen MR) is 113 cm³/mol. The lowest BCUT2D eigenvalue weighted by Crippen LogP contribution is -3.30. The number of carbonyl (C=O) groups is 2. The van der Waals surface area contributed by atoms with Gasteiger partial charge in [0.05, 0.1) is 0 Å². The second-order valence-corrected chi connectivity index (χ2v) is 7.67. The van der Waals surface area contributed by atoms with Crippen molar-refractivity contribution in [1.82, 2.24) is 0 Å². The normalized spacial score (nSPS) is 19.9. The van der Waals surface area contributed by atoms with Gasteiger partial charge in [0.25, 0.3) is 5.91 Å². The molecular weight excluding hydrogens is 366 g/mol. The van der Waals surface area contributed by atoms with E-state index in [0.29, 0.717) is 17.9 Å². The maximum atomic E-state index is 12.7. The van der Waals surface area contributed by atoms with Crippen molar-refractivity contribution in [1.29, 1.82) is 0 Å². The van der Waals surface area contributed by atoms with E-state index >= 15 is 0 Å². The van der Waals surface area contributed by atoms with Crippen LogP contribution in [0.3, 0.4) is 0 Å². The van der Waals surface area contributed by atoms with Crippen LogP contribution in [0.5, 0.6) is 5.75 Å². The number of Topliss-reactive ketones (excluding diaryl/α,β-unsaturated/α-hetero) is 1. The summed E-state index contributed by atoms with van der Waals surface area (Å²) >= 11 is 0. The molecule has 29 heavy (non-hydrogen) atoms. The van der Waals surface area contributed by atoms with Gasteiger partial charge in [0.2, 0.25) is 0 Å². The molecule has 6 nitrogen and oxygen atoms in total. The summed E-state index contributed by atoms with van der Waals surface area (Å²) in [4.78, 5) is 27.0. The van der Waals surface area contributed by atoms with E-state index < -0.39 is 0 Å². The van der Waals surface area contributed by atoms with Crippen LogP contribution < -0.4 is 19.9 Å². The fourth-order valence-electron chi connectivity index (χ4n) is 3.69. The van der Waals surface area contributed by atoms with Crippen molar-refractivity contribution in [2.45, 2.75) is 19.9 Å². The Morgan fingerprint density at radius 1 is 1.03 bits per heavy atom. The van der Waals surface area contributed by atoms with Gasteiger partial charge in [-0.25, -0.2) is 0 Å². The van der Waals surface area contributed by atoms with Crippen LogP contribution in [0.2, 0.25) is 0 Å². The van der Waals surface area contributed by atoms with Gasteiger partial charge >= 0.3 is 0 Å². The van der Waals surface area contributed by atoms with Gasteiger partial charge in [-0.1, -0.05) is 30.3 Å². The first-order valence-electron chi connectivity index (χ1n) is 10.3. The first-order valence-corrected chi connectivity index (χ1v) is 10.3. The van der Waals surface area contributed by atoms with Gasteiger partial charge in [-0.3, -0.25) is 9.59 Å². The highest BCUT2D eigenvalue weighted by atomic mass is 16.5. The molecule has 3 N–H and O–H groups in total. The number of hydrogen-bond acceptors (Lipinski definition) is 3. The van der Waals surface area contributed by atoms with Crippen LogP contribution in [-0.2, 0) is 4.79 Å². The Hall–Kier alpha value is -2.70. The zero-order valence-corrected chi connectivity index (χ0v) is 17.2. The number of para-hydroxylation sites is 1. The minimum atomic E-state index is -0.127. The second kappa shape index (κ2) is 10.2. The van der Waals surface area contributed by atoms with Crippen LogP contribution >= 0.6 is 0 Å². The first kappa shape index (κ1) is 21.0. The second-order valence-electron chi connectivity index (χ2n) is 7.67. The highest BCUT2D eigenvalue weighted by molar-refractivity contribution is 5.97. The van der Waals surface area contributed by atoms with E-state index in [1.54, 1.807) is 18.2 Å². The van der Waals surface area contributed by atoms with Crippen LogP contribution in [0.4, 0.5) is 5.69 Å². The monoisotopic (exact) mass is 397 g/mol. The van der Waals surface area contributed by atoms with Crippen molar-refractivity contribution in [3.8, 4) is 5.75 Å². The molecule has 0 aromatic heterocycles. The van der Waals surface area contributed by atoms with Crippen molar-refractivity contribution in [2.24, 2.45) is 0 Å². The summed E-state index contributed by atoms with van der Waals surface area (Å²) in [7, 11) is 0. The Kier molecular flexibility index (Phi) is 7.38. The summed E-state index contributed by atoms with van der Waals surface area (Å²) in [5.41, 5.74) is 1.29. The predicted octanol–water partition coefficient (Wildman–Crippen LogP) is 0.0786. The lowest BCUT2D eigenvalue weighted by atomic mass is 10.1. The van der Waals surface area contributed by atoms with Crippen LogP contribution in [0, 0.1) is 0 Å². The fraction of sp³-hybridized carbons (Fsp3) is 0.391. The van der Waals surface area contributed by atoms with Gasteiger partial charge < -0.3 is 19.9 Å². The Labute approximate surface area is 172 Å². The Bertz CT molecular complexity index is 817. The summed E-state index contributed by atoms with van der Waals surface area (Å²) in [6.45, 7) is 9.17. The summed E-state index contributed by atoms with van der Waals surface area (Å²) < 4.78 is 5.80. The molecule has 0 bridgehead atoms. The van der Waals surface area contributed by atoms with Crippen molar-refractivity contribution < 1.29 is 24.1 Å². The third-order valence-electron chi connectivity index (χ3n) is 5.61. The van der Waals surface area contributed by atoms with E-state index in [0.717, 1.165) is 38.5 Å². The van der Waals surface area contributed by atoms with E-state index in [1.165, 1.54) is 16.7 Å². The van der Waals surface area contributed by atoms with Crippen molar-refractivity contribution in [2.75, 3.05) is 44.6 Å². The van der Waals surface area contributed by atoms with Gasteiger partial charge in [0.15, 0.2) is 11.8 Å². The van der Waals surface area contributed by atoms with Crippen LogP contribution in [0.15, 0.2) is 54.6 Å². The van der Waals surface area contributed by atoms with Crippen molar-refractivity contribution in [3.05, 3.63) is 60.2 Å². The quantitative estimate of drug-likeness (QED) is 0.553. The molecule has 1 fully saturated rings. The van der Waals surface area contributed by atoms with E-state index in [-0.39, 0.29) is 17.7 Å². The molecule has 1 aliphatic rings. The van der Waals surface area contributed by atoms with Crippen LogP contribution in [0.25, 0.3) is 0 Å². The third kappa shape index (κ3) is 6.14. The largest absolute Gasteiger partial charge is 0.488 e.